The van der Waals surface area contributed by atoms with Crippen molar-refractivity contribution in [1.82, 2.24) is 0 Å². The second-order valence-electron chi connectivity index (χ2n) is 5.44. The standard InChI is InChI=1S/C18H21BO5/c20-18(23-14-16-7-2-1-3-8-16)9-5-4-6-15-10-12-17(13-11-15)24-19(21)22/h1-3,7-8,10-13,21-22H,4-6,9,14H2. The number of hydrogen-bond acceptors (Lipinski definition) is 5. The quantitative estimate of drug-likeness (QED) is 0.420. The van der Waals surface area contributed by atoms with E-state index in [-0.39, 0.29) is 5.97 Å². The number of esters is 1. The maximum atomic E-state index is 11.7. The molecule has 0 spiro atoms. The Labute approximate surface area is 142 Å². The average molecular weight is 328 g/mol. The summed E-state index contributed by atoms with van der Waals surface area (Å²) in [4.78, 5) is 11.7. The molecule has 2 aromatic rings. The van der Waals surface area contributed by atoms with Gasteiger partial charge in [-0.2, -0.15) is 0 Å². The molecule has 0 aromatic heterocycles. The number of aryl methyl sites for hydroxylation is 1. The Morgan fingerprint density at radius 1 is 0.917 bits per heavy atom. The number of hydrogen-bond donors (Lipinski definition) is 2. The van der Waals surface area contributed by atoms with Crippen molar-refractivity contribution < 1.29 is 24.2 Å². The number of benzene rings is 2. The van der Waals surface area contributed by atoms with Crippen molar-refractivity contribution in [1.29, 1.82) is 0 Å². The van der Waals surface area contributed by atoms with Crippen LogP contribution in [0.5, 0.6) is 5.75 Å². The minimum atomic E-state index is -1.81. The van der Waals surface area contributed by atoms with Gasteiger partial charge in [0, 0.05) is 6.42 Å². The first-order valence-electron chi connectivity index (χ1n) is 7.95. The van der Waals surface area contributed by atoms with Gasteiger partial charge < -0.3 is 19.4 Å². The lowest BCUT2D eigenvalue weighted by atomic mass is 10.1. The third-order valence-electron chi connectivity index (χ3n) is 3.50. The van der Waals surface area contributed by atoms with Crippen molar-refractivity contribution in [2.24, 2.45) is 0 Å². The van der Waals surface area contributed by atoms with Crippen LogP contribution in [0.4, 0.5) is 0 Å². The van der Waals surface area contributed by atoms with Crippen LogP contribution in [0.3, 0.4) is 0 Å². The Morgan fingerprint density at radius 3 is 2.29 bits per heavy atom. The Kier molecular flexibility index (Phi) is 7.33. The van der Waals surface area contributed by atoms with Gasteiger partial charge in [0.2, 0.25) is 0 Å². The van der Waals surface area contributed by atoms with Crippen molar-refractivity contribution in [3.05, 3.63) is 65.7 Å². The fraction of sp³-hybridized carbons (Fsp3) is 0.278. The molecule has 0 aliphatic carbocycles. The van der Waals surface area contributed by atoms with Gasteiger partial charge in [-0.1, -0.05) is 42.5 Å². The van der Waals surface area contributed by atoms with Crippen LogP contribution in [0.2, 0.25) is 0 Å². The van der Waals surface area contributed by atoms with Gasteiger partial charge in [0.25, 0.3) is 0 Å². The van der Waals surface area contributed by atoms with Gasteiger partial charge in [0.15, 0.2) is 0 Å². The van der Waals surface area contributed by atoms with Crippen molar-refractivity contribution in [2.75, 3.05) is 0 Å². The van der Waals surface area contributed by atoms with Gasteiger partial charge in [-0.15, -0.1) is 0 Å². The molecule has 0 saturated carbocycles. The molecule has 0 saturated heterocycles. The van der Waals surface area contributed by atoms with Gasteiger partial charge in [-0.05, 0) is 42.5 Å². The summed E-state index contributed by atoms with van der Waals surface area (Å²) in [5.41, 5.74) is 2.09. The van der Waals surface area contributed by atoms with E-state index >= 15 is 0 Å². The van der Waals surface area contributed by atoms with E-state index in [1.54, 1.807) is 12.1 Å². The Bertz CT molecular complexity index is 613. The summed E-state index contributed by atoms with van der Waals surface area (Å²) in [6, 6.07) is 16.7. The first-order chi connectivity index (χ1) is 11.6. The number of carbonyl (C=O) groups is 1. The van der Waals surface area contributed by atoms with Crippen LogP contribution in [0.25, 0.3) is 0 Å². The summed E-state index contributed by atoms with van der Waals surface area (Å²) in [6.07, 6.45) is 2.89. The van der Waals surface area contributed by atoms with Crippen LogP contribution >= 0.6 is 0 Å². The normalized spacial score (nSPS) is 10.2. The molecule has 2 aromatic carbocycles. The molecule has 0 amide bonds. The lowest BCUT2D eigenvalue weighted by molar-refractivity contribution is -0.145. The molecule has 6 heteroatoms. The molecule has 24 heavy (non-hydrogen) atoms. The molecule has 0 aliphatic rings. The minimum absolute atomic E-state index is 0.181. The smallest absolute Gasteiger partial charge is 0.512 e. The summed E-state index contributed by atoms with van der Waals surface area (Å²) in [6.45, 7) is 0.317. The largest absolute Gasteiger partial charge is 0.707 e. The Balaban J connectivity index is 1.61. The average Bonchev–Trinajstić information content (AvgIpc) is 2.59. The fourth-order valence-corrected chi connectivity index (χ4v) is 2.27. The van der Waals surface area contributed by atoms with Crippen LogP contribution in [0.15, 0.2) is 54.6 Å². The zero-order valence-corrected chi connectivity index (χ0v) is 13.4. The van der Waals surface area contributed by atoms with Crippen LogP contribution in [0.1, 0.15) is 30.4 Å². The fourth-order valence-electron chi connectivity index (χ4n) is 2.27. The highest BCUT2D eigenvalue weighted by Gasteiger charge is 2.10. The number of unbranched alkanes of at least 4 members (excludes halogenated alkanes) is 1. The van der Waals surface area contributed by atoms with E-state index in [1.165, 1.54) is 0 Å². The lowest BCUT2D eigenvalue weighted by Crippen LogP contribution is -2.20. The van der Waals surface area contributed by atoms with Gasteiger partial charge in [-0.3, -0.25) is 4.79 Å². The minimum Gasteiger partial charge on any atom is -0.512 e. The number of ether oxygens (including phenoxy) is 1. The molecule has 5 nitrogen and oxygen atoms in total. The molecule has 0 atom stereocenters. The van der Waals surface area contributed by atoms with Gasteiger partial charge in [0.05, 0.1) is 0 Å². The van der Waals surface area contributed by atoms with E-state index in [4.69, 9.17) is 19.4 Å². The summed E-state index contributed by atoms with van der Waals surface area (Å²) >= 11 is 0. The molecule has 0 radical (unpaired) electrons. The van der Waals surface area contributed by atoms with E-state index in [0.717, 1.165) is 30.4 Å². The van der Waals surface area contributed by atoms with Crippen molar-refractivity contribution in [3.8, 4) is 5.75 Å². The highest BCUT2D eigenvalue weighted by Crippen LogP contribution is 2.14. The molecule has 0 unspecified atom stereocenters. The van der Waals surface area contributed by atoms with E-state index in [0.29, 0.717) is 18.8 Å². The molecule has 126 valence electrons. The SMILES string of the molecule is O=C(CCCCc1ccc(OB(O)O)cc1)OCc1ccccc1. The summed E-state index contributed by atoms with van der Waals surface area (Å²) in [5, 5.41) is 17.4. The maximum Gasteiger partial charge on any atom is 0.707 e. The molecule has 2 rings (SSSR count). The molecular weight excluding hydrogens is 307 g/mol. The molecular formula is C18H21BO5. The number of rotatable bonds is 9. The van der Waals surface area contributed by atoms with Gasteiger partial charge >= 0.3 is 13.3 Å². The molecule has 0 fully saturated rings. The van der Waals surface area contributed by atoms with Crippen molar-refractivity contribution >= 4 is 13.3 Å². The third-order valence-corrected chi connectivity index (χ3v) is 3.50. The van der Waals surface area contributed by atoms with E-state index in [1.807, 2.05) is 42.5 Å². The first kappa shape index (κ1) is 18.0. The molecule has 0 bridgehead atoms. The summed E-state index contributed by atoms with van der Waals surface area (Å²) in [5.74, 6) is 0.220. The van der Waals surface area contributed by atoms with Crippen LogP contribution in [-0.2, 0) is 22.6 Å². The highest BCUT2D eigenvalue weighted by atomic mass is 16.6. The van der Waals surface area contributed by atoms with E-state index < -0.39 is 7.32 Å². The van der Waals surface area contributed by atoms with Crippen molar-refractivity contribution in [2.45, 2.75) is 32.3 Å². The van der Waals surface area contributed by atoms with E-state index in [9.17, 15) is 4.79 Å². The predicted octanol–water partition coefficient (Wildman–Crippen LogP) is 2.49. The number of carbonyl (C=O) groups excluding carboxylic acids is 1. The first-order valence-corrected chi connectivity index (χ1v) is 7.95. The van der Waals surface area contributed by atoms with Crippen LogP contribution in [-0.4, -0.2) is 23.3 Å². The van der Waals surface area contributed by atoms with Gasteiger partial charge in [-0.25, -0.2) is 0 Å². The summed E-state index contributed by atoms with van der Waals surface area (Å²) in [7, 11) is -1.81. The zero-order valence-electron chi connectivity index (χ0n) is 13.4. The molecule has 2 N–H and O–H groups in total. The lowest BCUT2D eigenvalue weighted by Gasteiger charge is -2.07. The van der Waals surface area contributed by atoms with Crippen molar-refractivity contribution in [3.63, 3.8) is 0 Å². The highest BCUT2D eigenvalue weighted by molar-refractivity contribution is 6.33. The monoisotopic (exact) mass is 328 g/mol. The maximum absolute atomic E-state index is 11.7. The Morgan fingerprint density at radius 2 is 1.62 bits per heavy atom. The molecule has 0 heterocycles. The van der Waals surface area contributed by atoms with E-state index in [2.05, 4.69) is 0 Å². The summed E-state index contributed by atoms with van der Waals surface area (Å²) < 4.78 is 9.97. The Hall–Kier alpha value is -2.31. The van der Waals surface area contributed by atoms with Crippen LogP contribution in [0, 0.1) is 0 Å². The second-order valence-corrected chi connectivity index (χ2v) is 5.44. The molecule has 0 aliphatic heterocycles. The van der Waals surface area contributed by atoms with Gasteiger partial charge in [0.1, 0.15) is 12.4 Å². The second kappa shape index (κ2) is 9.75. The van der Waals surface area contributed by atoms with Crippen LogP contribution < -0.4 is 4.65 Å². The third kappa shape index (κ3) is 6.85. The zero-order chi connectivity index (χ0) is 17.2. The predicted molar refractivity (Wildman–Crippen MR) is 91.1 cm³/mol. The topological polar surface area (TPSA) is 76.0 Å².